The summed E-state index contributed by atoms with van der Waals surface area (Å²) in [5.74, 6) is 1.34. The van der Waals surface area contributed by atoms with Crippen molar-refractivity contribution in [2.24, 2.45) is 5.92 Å². The van der Waals surface area contributed by atoms with Gasteiger partial charge in [0, 0.05) is 5.56 Å². The quantitative estimate of drug-likeness (QED) is 0.836. The van der Waals surface area contributed by atoms with Crippen molar-refractivity contribution in [3.63, 3.8) is 0 Å². The lowest BCUT2D eigenvalue weighted by Crippen LogP contribution is -2.22. The first kappa shape index (κ1) is 12.4. The van der Waals surface area contributed by atoms with Gasteiger partial charge in [0.05, 0.1) is 5.60 Å². The van der Waals surface area contributed by atoms with Crippen LogP contribution in [0.15, 0.2) is 18.2 Å². The molecule has 1 aromatic rings. The molecule has 2 atom stereocenters. The predicted octanol–water partition coefficient (Wildman–Crippen LogP) is 3.52. The highest BCUT2D eigenvalue weighted by molar-refractivity contribution is 5.45. The van der Waals surface area contributed by atoms with Crippen molar-refractivity contribution in [1.29, 1.82) is 0 Å². The first-order valence-corrected chi connectivity index (χ1v) is 6.52. The number of phenols is 1. The zero-order valence-electron chi connectivity index (χ0n) is 10.9. The van der Waals surface area contributed by atoms with Gasteiger partial charge in [-0.25, -0.2) is 0 Å². The van der Waals surface area contributed by atoms with Gasteiger partial charge >= 0.3 is 0 Å². The van der Waals surface area contributed by atoms with Gasteiger partial charge in [-0.15, -0.1) is 0 Å². The van der Waals surface area contributed by atoms with Crippen LogP contribution in [0.1, 0.15) is 57.1 Å². The summed E-state index contributed by atoms with van der Waals surface area (Å²) in [4.78, 5) is 0. The second kappa shape index (κ2) is 4.34. The van der Waals surface area contributed by atoms with Crippen LogP contribution in [-0.4, -0.2) is 10.2 Å². The van der Waals surface area contributed by atoms with Gasteiger partial charge in [-0.05, 0) is 49.7 Å². The Bertz CT molecular complexity index is 405. The molecule has 0 aliphatic heterocycles. The molecular formula is C15H22O2. The Hall–Kier alpha value is -1.02. The van der Waals surface area contributed by atoms with E-state index in [4.69, 9.17) is 0 Å². The van der Waals surface area contributed by atoms with E-state index >= 15 is 0 Å². The van der Waals surface area contributed by atoms with Crippen molar-refractivity contribution in [2.75, 3.05) is 0 Å². The first-order chi connectivity index (χ1) is 7.97. The zero-order chi connectivity index (χ0) is 12.6. The van der Waals surface area contributed by atoms with Crippen molar-refractivity contribution in [2.45, 2.75) is 51.6 Å². The highest BCUT2D eigenvalue weighted by Gasteiger charge is 2.35. The fourth-order valence-electron chi connectivity index (χ4n) is 2.52. The van der Waals surface area contributed by atoms with E-state index in [9.17, 15) is 10.2 Å². The Morgan fingerprint density at radius 3 is 2.59 bits per heavy atom. The minimum Gasteiger partial charge on any atom is -0.508 e. The molecule has 1 aliphatic rings. The van der Waals surface area contributed by atoms with Crippen molar-refractivity contribution < 1.29 is 10.2 Å². The summed E-state index contributed by atoms with van der Waals surface area (Å²) < 4.78 is 0. The van der Waals surface area contributed by atoms with E-state index in [0.29, 0.717) is 24.0 Å². The number of benzene rings is 1. The van der Waals surface area contributed by atoms with E-state index in [-0.39, 0.29) is 0 Å². The third kappa shape index (κ3) is 2.32. The van der Waals surface area contributed by atoms with Crippen LogP contribution in [0.25, 0.3) is 0 Å². The molecule has 0 spiro atoms. The molecule has 0 radical (unpaired) electrons. The molecule has 0 aromatic heterocycles. The van der Waals surface area contributed by atoms with E-state index in [2.05, 4.69) is 6.92 Å². The van der Waals surface area contributed by atoms with E-state index in [1.165, 1.54) is 12.8 Å². The minimum atomic E-state index is -0.850. The molecule has 1 aliphatic carbocycles. The van der Waals surface area contributed by atoms with Crippen LogP contribution in [0.2, 0.25) is 0 Å². The van der Waals surface area contributed by atoms with Gasteiger partial charge in [-0.2, -0.15) is 0 Å². The molecule has 2 rings (SSSR count). The molecule has 17 heavy (non-hydrogen) atoms. The standard InChI is InChI=1S/C15H22O2/c1-4-15(3,17)12-6-5-7-13(16)14(12)10(2)11-8-9-11/h5-7,10-11,16-17H,4,8-9H2,1-3H3/t10-,15?/m1/s1. The van der Waals surface area contributed by atoms with Gasteiger partial charge in [0.2, 0.25) is 0 Å². The van der Waals surface area contributed by atoms with Crippen LogP contribution in [0, 0.1) is 5.92 Å². The van der Waals surface area contributed by atoms with Crippen molar-refractivity contribution in [3.05, 3.63) is 29.3 Å². The van der Waals surface area contributed by atoms with Gasteiger partial charge in [0.15, 0.2) is 0 Å². The van der Waals surface area contributed by atoms with Crippen LogP contribution in [0.4, 0.5) is 0 Å². The fourth-order valence-corrected chi connectivity index (χ4v) is 2.52. The van der Waals surface area contributed by atoms with Gasteiger partial charge in [0.1, 0.15) is 5.75 Å². The molecular weight excluding hydrogens is 212 g/mol. The fraction of sp³-hybridized carbons (Fsp3) is 0.600. The van der Waals surface area contributed by atoms with E-state index in [0.717, 1.165) is 11.1 Å². The van der Waals surface area contributed by atoms with Crippen LogP contribution in [0.3, 0.4) is 0 Å². The number of aliphatic hydroxyl groups is 1. The average molecular weight is 234 g/mol. The third-order valence-corrected chi connectivity index (χ3v) is 4.14. The number of hydrogen-bond acceptors (Lipinski definition) is 2. The lowest BCUT2D eigenvalue weighted by Gasteiger charge is -2.28. The number of rotatable bonds is 4. The van der Waals surface area contributed by atoms with Crippen molar-refractivity contribution in [3.8, 4) is 5.75 Å². The number of hydrogen-bond donors (Lipinski definition) is 2. The molecule has 1 saturated carbocycles. The Morgan fingerprint density at radius 1 is 1.41 bits per heavy atom. The maximum absolute atomic E-state index is 10.4. The second-order valence-corrected chi connectivity index (χ2v) is 5.49. The molecule has 2 nitrogen and oxygen atoms in total. The van der Waals surface area contributed by atoms with Gasteiger partial charge in [0.25, 0.3) is 0 Å². The monoisotopic (exact) mass is 234 g/mol. The Balaban J connectivity index is 2.47. The number of aromatic hydroxyl groups is 1. The van der Waals surface area contributed by atoms with E-state index < -0.39 is 5.60 Å². The summed E-state index contributed by atoms with van der Waals surface area (Å²) in [5, 5.41) is 20.5. The molecule has 2 heteroatoms. The Morgan fingerprint density at radius 2 is 2.06 bits per heavy atom. The van der Waals surface area contributed by atoms with Crippen molar-refractivity contribution >= 4 is 0 Å². The van der Waals surface area contributed by atoms with Gasteiger partial charge in [-0.3, -0.25) is 0 Å². The summed E-state index contributed by atoms with van der Waals surface area (Å²) in [7, 11) is 0. The molecule has 0 saturated heterocycles. The summed E-state index contributed by atoms with van der Waals surface area (Å²) >= 11 is 0. The van der Waals surface area contributed by atoms with E-state index in [1.54, 1.807) is 6.07 Å². The highest BCUT2D eigenvalue weighted by Crippen LogP contribution is 2.47. The average Bonchev–Trinajstić information content (AvgIpc) is 3.11. The molecule has 94 valence electrons. The largest absolute Gasteiger partial charge is 0.508 e. The second-order valence-electron chi connectivity index (χ2n) is 5.49. The lowest BCUT2D eigenvalue weighted by molar-refractivity contribution is 0.0514. The maximum atomic E-state index is 10.4. The molecule has 1 unspecified atom stereocenters. The molecule has 2 N–H and O–H groups in total. The molecule has 0 bridgehead atoms. The lowest BCUT2D eigenvalue weighted by atomic mass is 9.82. The smallest absolute Gasteiger partial charge is 0.119 e. The molecule has 1 fully saturated rings. The third-order valence-electron chi connectivity index (χ3n) is 4.14. The minimum absolute atomic E-state index is 0.329. The summed E-state index contributed by atoms with van der Waals surface area (Å²) in [6, 6.07) is 5.48. The van der Waals surface area contributed by atoms with Crippen molar-refractivity contribution in [1.82, 2.24) is 0 Å². The van der Waals surface area contributed by atoms with Gasteiger partial charge in [-0.1, -0.05) is 26.0 Å². The first-order valence-electron chi connectivity index (χ1n) is 6.52. The topological polar surface area (TPSA) is 40.5 Å². The maximum Gasteiger partial charge on any atom is 0.119 e. The SMILES string of the molecule is CCC(C)(O)c1cccc(O)c1[C@H](C)C1CC1. The van der Waals surface area contributed by atoms with E-state index in [1.807, 2.05) is 26.0 Å². The van der Waals surface area contributed by atoms with Crippen LogP contribution in [0.5, 0.6) is 5.75 Å². The molecule has 0 amide bonds. The molecule has 0 heterocycles. The van der Waals surface area contributed by atoms with Gasteiger partial charge < -0.3 is 10.2 Å². The summed E-state index contributed by atoms with van der Waals surface area (Å²) in [5.41, 5.74) is 0.985. The number of phenolic OH excluding ortho intramolecular Hbond substituents is 1. The summed E-state index contributed by atoms with van der Waals surface area (Å²) in [6.45, 7) is 5.95. The Kier molecular flexibility index (Phi) is 3.17. The normalized spacial score (nSPS) is 20.9. The van der Waals surface area contributed by atoms with Crippen LogP contribution >= 0.6 is 0 Å². The predicted molar refractivity (Wildman–Crippen MR) is 69.1 cm³/mol. The highest BCUT2D eigenvalue weighted by atomic mass is 16.3. The molecule has 1 aromatic carbocycles. The van der Waals surface area contributed by atoms with Crippen LogP contribution in [-0.2, 0) is 5.60 Å². The summed E-state index contributed by atoms with van der Waals surface area (Å²) in [6.07, 6.45) is 3.13. The Labute approximate surface area is 103 Å². The zero-order valence-corrected chi connectivity index (χ0v) is 10.9. The van der Waals surface area contributed by atoms with Crippen LogP contribution < -0.4 is 0 Å².